The van der Waals surface area contributed by atoms with Gasteiger partial charge in [0.1, 0.15) is 10.5 Å². The van der Waals surface area contributed by atoms with Gasteiger partial charge in [0.2, 0.25) is 0 Å². The Balaban J connectivity index is 3.58. The van der Waals surface area contributed by atoms with E-state index in [2.05, 4.69) is 0 Å². The summed E-state index contributed by atoms with van der Waals surface area (Å²) in [5.74, 6) is -1.56. The van der Waals surface area contributed by atoms with Gasteiger partial charge in [-0.2, -0.15) is 0 Å². The van der Waals surface area contributed by atoms with E-state index in [1.807, 2.05) is 0 Å². The molecule has 0 atom stereocenters. The zero-order valence-corrected chi connectivity index (χ0v) is 11.5. The first-order valence-corrected chi connectivity index (χ1v) is 7.20. The van der Waals surface area contributed by atoms with Crippen LogP contribution in [0.5, 0.6) is 5.75 Å². The summed E-state index contributed by atoms with van der Waals surface area (Å²) in [5, 5.41) is 9.05. The molecule has 1 N–H and O–H groups in total. The minimum absolute atomic E-state index is 0.0443. The number of methoxy groups -OCH3 is 1. The van der Waals surface area contributed by atoms with Crippen LogP contribution in [-0.4, -0.2) is 32.4 Å². The molecule has 0 aromatic heterocycles. The standard InChI is InChI=1S/C11H13ClO5S/c1-3-4-18(15,16)9-6-7(12)5-8(11(13)14)10(9)17-2/h5-6H,3-4H2,1-2H3,(H,13,14). The van der Waals surface area contributed by atoms with Crippen LogP contribution in [0.3, 0.4) is 0 Å². The van der Waals surface area contributed by atoms with Crippen LogP contribution in [0.25, 0.3) is 0 Å². The van der Waals surface area contributed by atoms with Crippen molar-refractivity contribution in [2.75, 3.05) is 12.9 Å². The van der Waals surface area contributed by atoms with Gasteiger partial charge < -0.3 is 9.84 Å². The Labute approximate surface area is 110 Å². The van der Waals surface area contributed by atoms with Crippen LogP contribution in [0.2, 0.25) is 5.02 Å². The molecule has 18 heavy (non-hydrogen) atoms. The molecule has 0 aliphatic carbocycles. The zero-order valence-electron chi connectivity index (χ0n) is 9.94. The number of halogens is 1. The molecule has 0 fully saturated rings. The van der Waals surface area contributed by atoms with Gasteiger partial charge in [0.15, 0.2) is 15.6 Å². The number of hydrogen-bond donors (Lipinski definition) is 1. The quantitative estimate of drug-likeness (QED) is 0.900. The Kier molecular flexibility index (Phi) is 4.59. The first kappa shape index (κ1) is 14.8. The number of benzene rings is 1. The van der Waals surface area contributed by atoms with Crippen LogP contribution in [0.1, 0.15) is 23.7 Å². The summed E-state index contributed by atoms with van der Waals surface area (Å²) in [6.45, 7) is 1.71. The van der Waals surface area contributed by atoms with Gasteiger partial charge in [-0.05, 0) is 18.6 Å². The predicted molar refractivity (Wildman–Crippen MR) is 67.3 cm³/mol. The third-order valence-corrected chi connectivity index (χ3v) is 4.40. The minimum atomic E-state index is -3.60. The topological polar surface area (TPSA) is 80.7 Å². The molecule has 7 heteroatoms. The van der Waals surface area contributed by atoms with Gasteiger partial charge in [0, 0.05) is 5.02 Å². The lowest BCUT2D eigenvalue weighted by Crippen LogP contribution is -2.11. The van der Waals surface area contributed by atoms with Crippen LogP contribution in [0.4, 0.5) is 0 Å². The van der Waals surface area contributed by atoms with Crippen molar-refractivity contribution in [2.45, 2.75) is 18.2 Å². The lowest BCUT2D eigenvalue weighted by atomic mass is 10.2. The summed E-state index contributed by atoms with van der Waals surface area (Å²) in [6, 6.07) is 2.37. The molecule has 0 aliphatic heterocycles. The average Bonchev–Trinajstić information content (AvgIpc) is 2.27. The fourth-order valence-corrected chi connectivity index (χ4v) is 3.37. The molecule has 0 saturated carbocycles. The number of ether oxygens (including phenoxy) is 1. The molecule has 0 radical (unpaired) electrons. The number of carboxylic acids is 1. The Morgan fingerprint density at radius 1 is 1.44 bits per heavy atom. The van der Waals surface area contributed by atoms with E-state index in [1.54, 1.807) is 6.92 Å². The van der Waals surface area contributed by atoms with Crippen molar-refractivity contribution < 1.29 is 23.1 Å². The largest absolute Gasteiger partial charge is 0.494 e. The summed E-state index contributed by atoms with van der Waals surface area (Å²) in [6.07, 6.45) is 0.417. The van der Waals surface area contributed by atoms with Gasteiger partial charge >= 0.3 is 5.97 Å². The highest BCUT2D eigenvalue weighted by Gasteiger charge is 2.25. The van der Waals surface area contributed by atoms with Crippen molar-refractivity contribution in [1.29, 1.82) is 0 Å². The fourth-order valence-electron chi connectivity index (χ4n) is 1.55. The monoisotopic (exact) mass is 292 g/mol. The Morgan fingerprint density at radius 3 is 2.50 bits per heavy atom. The van der Waals surface area contributed by atoms with E-state index in [4.69, 9.17) is 21.4 Å². The van der Waals surface area contributed by atoms with Crippen molar-refractivity contribution in [1.82, 2.24) is 0 Å². The van der Waals surface area contributed by atoms with Gasteiger partial charge in [-0.15, -0.1) is 0 Å². The second kappa shape index (κ2) is 5.58. The van der Waals surface area contributed by atoms with Gasteiger partial charge in [-0.1, -0.05) is 18.5 Å². The lowest BCUT2D eigenvalue weighted by molar-refractivity contribution is 0.0693. The van der Waals surface area contributed by atoms with Gasteiger partial charge in [0.25, 0.3) is 0 Å². The molecule has 0 saturated heterocycles. The molecule has 0 heterocycles. The number of sulfone groups is 1. The smallest absolute Gasteiger partial charge is 0.339 e. The maximum atomic E-state index is 12.0. The predicted octanol–water partition coefficient (Wildman–Crippen LogP) is 2.23. The van der Waals surface area contributed by atoms with Crippen LogP contribution < -0.4 is 4.74 Å². The highest BCUT2D eigenvalue weighted by atomic mass is 35.5. The maximum absolute atomic E-state index is 12.0. The number of carbonyl (C=O) groups is 1. The van der Waals surface area contributed by atoms with Crippen LogP contribution >= 0.6 is 11.6 Å². The SMILES string of the molecule is CCCS(=O)(=O)c1cc(Cl)cc(C(=O)O)c1OC. The third-order valence-electron chi connectivity index (χ3n) is 2.26. The molecule has 0 unspecified atom stereocenters. The average molecular weight is 293 g/mol. The van der Waals surface area contributed by atoms with Crippen LogP contribution in [0.15, 0.2) is 17.0 Å². The summed E-state index contributed by atoms with van der Waals surface area (Å²) in [7, 11) is -2.38. The van der Waals surface area contributed by atoms with Gasteiger partial charge in [0.05, 0.1) is 12.9 Å². The molecule has 1 aromatic carbocycles. The lowest BCUT2D eigenvalue weighted by Gasteiger charge is -2.12. The Morgan fingerprint density at radius 2 is 2.06 bits per heavy atom. The van der Waals surface area contributed by atoms with E-state index in [0.29, 0.717) is 6.42 Å². The Bertz CT molecular complexity index is 565. The number of carboxylic acid groups (broad SMARTS) is 1. The van der Waals surface area contributed by atoms with Crippen molar-refractivity contribution in [3.8, 4) is 5.75 Å². The molecule has 0 spiro atoms. The molecule has 100 valence electrons. The van der Waals surface area contributed by atoms with Crippen molar-refractivity contribution in [2.24, 2.45) is 0 Å². The molecule has 5 nitrogen and oxygen atoms in total. The van der Waals surface area contributed by atoms with Crippen molar-refractivity contribution in [3.63, 3.8) is 0 Å². The summed E-state index contributed by atoms with van der Waals surface area (Å²) >= 11 is 5.75. The highest BCUT2D eigenvalue weighted by molar-refractivity contribution is 7.91. The molecular weight excluding hydrogens is 280 g/mol. The second-order valence-corrected chi connectivity index (χ2v) is 6.12. The summed E-state index contributed by atoms with van der Waals surface area (Å²) in [4.78, 5) is 10.9. The van der Waals surface area contributed by atoms with E-state index < -0.39 is 15.8 Å². The van der Waals surface area contributed by atoms with Crippen LogP contribution in [0, 0.1) is 0 Å². The normalized spacial score (nSPS) is 11.3. The van der Waals surface area contributed by atoms with Crippen LogP contribution in [-0.2, 0) is 9.84 Å². The summed E-state index contributed by atoms with van der Waals surface area (Å²) in [5.41, 5.74) is -0.264. The van der Waals surface area contributed by atoms with E-state index >= 15 is 0 Å². The maximum Gasteiger partial charge on any atom is 0.339 e. The van der Waals surface area contributed by atoms with Gasteiger partial charge in [-0.25, -0.2) is 13.2 Å². The Hall–Kier alpha value is -1.27. The van der Waals surface area contributed by atoms with E-state index in [0.717, 1.165) is 6.07 Å². The molecule has 1 rings (SSSR count). The van der Waals surface area contributed by atoms with Crippen molar-refractivity contribution >= 4 is 27.4 Å². The first-order chi connectivity index (χ1) is 8.33. The van der Waals surface area contributed by atoms with E-state index in [9.17, 15) is 13.2 Å². The zero-order chi connectivity index (χ0) is 13.9. The van der Waals surface area contributed by atoms with Gasteiger partial charge in [-0.3, -0.25) is 0 Å². The second-order valence-electron chi connectivity index (χ2n) is 3.61. The number of aromatic carboxylic acids is 1. The minimum Gasteiger partial charge on any atom is -0.494 e. The molecule has 0 aliphatic rings. The first-order valence-electron chi connectivity index (χ1n) is 5.17. The third kappa shape index (κ3) is 2.94. The fraction of sp³-hybridized carbons (Fsp3) is 0.364. The van der Waals surface area contributed by atoms with E-state index in [1.165, 1.54) is 13.2 Å². The number of rotatable bonds is 5. The molecule has 0 bridgehead atoms. The molecular formula is C11H13ClO5S. The highest BCUT2D eigenvalue weighted by Crippen LogP contribution is 2.32. The molecule has 1 aromatic rings. The van der Waals surface area contributed by atoms with Crippen molar-refractivity contribution in [3.05, 3.63) is 22.7 Å². The molecule has 0 amide bonds. The van der Waals surface area contributed by atoms with E-state index in [-0.39, 0.29) is 27.0 Å². The summed E-state index contributed by atoms with van der Waals surface area (Å²) < 4.78 is 28.9. The number of hydrogen-bond acceptors (Lipinski definition) is 4.